The summed E-state index contributed by atoms with van der Waals surface area (Å²) in [6.07, 6.45) is 5.27. The maximum absolute atomic E-state index is 5.76. The summed E-state index contributed by atoms with van der Waals surface area (Å²) in [5.41, 5.74) is 0. The van der Waals surface area contributed by atoms with Gasteiger partial charge in [0.05, 0.1) is 51.8 Å². The molecule has 2 fully saturated rings. The minimum absolute atomic E-state index is 0.410. The summed E-state index contributed by atoms with van der Waals surface area (Å²) in [4.78, 5) is 0. The van der Waals surface area contributed by atoms with E-state index in [1.54, 1.807) is 0 Å². The van der Waals surface area contributed by atoms with E-state index in [-0.39, 0.29) is 0 Å². The highest BCUT2D eigenvalue weighted by Crippen LogP contribution is 2.07. The van der Waals surface area contributed by atoms with Gasteiger partial charge in [-0.1, -0.05) is 0 Å². The van der Waals surface area contributed by atoms with Gasteiger partial charge in [0.15, 0.2) is 0 Å². The molecule has 2 N–H and O–H groups in total. The molecule has 0 amide bonds. The van der Waals surface area contributed by atoms with Crippen LogP contribution in [0.1, 0.15) is 25.7 Å². The standard InChI is InChI=1S/C16H32N2O4/c1-5-17-6-2-15(1)21-13-11-19-9-10-20-12-14-22-16-3-7-18-8-4-16/h15-18H,1-14H2. The van der Waals surface area contributed by atoms with Crippen molar-refractivity contribution in [1.82, 2.24) is 10.6 Å². The topological polar surface area (TPSA) is 61.0 Å². The van der Waals surface area contributed by atoms with Gasteiger partial charge >= 0.3 is 0 Å². The predicted octanol–water partition coefficient (Wildman–Crippen LogP) is 0.557. The molecule has 6 heteroatoms. The average molecular weight is 316 g/mol. The number of piperidine rings is 2. The van der Waals surface area contributed by atoms with E-state index < -0.39 is 0 Å². The Bertz CT molecular complexity index is 231. The van der Waals surface area contributed by atoms with Crippen molar-refractivity contribution in [2.24, 2.45) is 0 Å². The minimum Gasteiger partial charge on any atom is -0.377 e. The van der Waals surface area contributed by atoms with Crippen molar-refractivity contribution in [2.75, 3.05) is 65.8 Å². The SMILES string of the molecule is C1CC(OCCOCCOCCOC2CCNCC2)CCN1. The Morgan fingerprint density at radius 1 is 0.545 bits per heavy atom. The number of hydrogen-bond acceptors (Lipinski definition) is 6. The van der Waals surface area contributed by atoms with E-state index >= 15 is 0 Å². The fourth-order valence-electron chi connectivity index (χ4n) is 2.79. The molecule has 22 heavy (non-hydrogen) atoms. The van der Waals surface area contributed by atoms with Gasteiger partial charge in [-0.15, -0.1) is 0 Å². The molecular formula is C16H32N2O4. The quantitative estimate of drug-likeness (QED) is 0.543. The second kappa shape index (κ2) is 12.2. The van der Waals surface area contributed by atoms with E-state index in [1.807, 2.05) is 0 Å². The van der Waals surface area contributed by atoms with Crippen molar-refractivity contribution in [3.05, 3.63) is 0 Å². The molecule has 0 unspecified atom stereocenters. The van der Waals surface area contributed by atoms with E-state index in [4.69, 9.17) is 18.9 Å². The molecule has 0 radical (unpaired) electrons. The van der Waals surface area contributed by atoms with Crippen molar-refractivity contribution in [3.63, 3.8) is 0 Å². The van der Waals surface area contributed by atoms with Gasteiger partial charge in [0.1, 0.15) is 0 Å². The molecule has 0 saturated carbocycles. The van der Waals surface area contributed by atoms with Crippen molar-refractivity contribution in [3.8, 4) is 0 Å². The molecule has 2 aliphatic heterocycles. The second-order valence-corrected chi connectivity index (χ2v) is 5.87. The molecule has 0 spiro atoms. The van der Waals surface area contributed by atoms with Crippen LogP contribution in [0.5, 0.6) is 0 Å². The Labute approximate surface area is 134 Å². The monoisotopic (exact) mass is 316 g/mol. The molecule has 2 heterocycles. The van der Waals surface area contributed by atoms with Crippen LogP contribution in [-0.2, 0) is 18.9 Å². The third-order valence-corrected chi connectivity index (χ3v) is 4.11. The smallest absolute Gasteiger partial charge is 0.0704 e. The summed E-state index contributed by atoms with van der Waals surface area (Å²) in [6.45, 7) is 8.20. The lowest BCUT2D eigenvalue weighted by atomic mass is 10.1. The Morgan fingerprint density at radius 2 is 0.909 bits per heavy atom. The van der Waals surface area contributed by atoms with Gasteiger partial charge in [0.25, 0.3) is 0 Å². The highest BCUT2D eigenvalue weighted by molar-refractivity contribution is 4.68. The Morgan fingerprint density at radius 3 is 1.32 bits per heavy atom. The Kier molecular flexibility index (Phi) is 10.1. The molecule has 0 aromatic carbocycles. The summed E-state index contributed by atoms with van der Waals surface area (Å²) >= 11 is 0. The van der Waals surface area contributed by atoms with Crippen molar-refractivity contribution in [1.29, 1.82) is 0 Å². The van der Waals surface area contributed by atoms with E-state index in [2.05, 4.69) is 10.6 Å². The minimum atomic E-state index is 0.410. The molecule has 6 nitrogen and oxygen atoms in total. The molecule has 2 aliphatic rings. The predicted molar refractivity (Wildman–Crippen MR) is 85.3 cm³/mol. The van der Waals surface area contributed by atoms with Gasteiger partial charge in [0, 0.05) is 0 Å². The van der Waals surface area contributed by atoms with Gasteiger partial charge in [-0.05, 0) is 51.9 Å². The van der Waals surface area contributed by atoms with Crippen LogP contribution in [0.3, 0.4) is 0 Å². The number of nitrogens with one attached hydrogen (secondary N) is 2. The first-order valence-electron chi connectivity index (χ1n) is 8.75. The van der Waals surface area contributed by atoms with Crippen LogP contribution in [0.4, 0.5) is 0 Å². The lowest BCUT2D eigenvalue weighted by molar-refractivity contribution is -0.0351. The van der Waals surface area contributed by atoms with Crippen LogP contribution in [0.25, 0.3) is 0 Å². The first-order chi connectivity index (χ1) is 10.9. The van der Waals surface area contributed by atoms with Crippen LogP contribution in [0.2, 0.25) is 0 Å². The molecule has 130 valence electrons. The van der Waals surface area contributed by atoms with Crippen LogP contribution in [-0.4, -0.2) is 78.0 Å². The molecule has 0 aliphatic carbocycles. The largest absolute Gasteiger partial charge is 0.377 e. The van der Waals surface area contributed by atoms with Gasteiger partial charge in [-0.2, -0.15) is 0 Å². The molecule has 2 saturated heterocycles. The highest BCUT2D eigenvalue weighted by Gasteiger charge is 2.13. The number of rotatable bonds is 11. The van der Waals surface area contributed by atoms with E-state index in [1.165, 1.54) is 0 Å². The van der Waals surface area contributed by atoms with Gasteiger partial charge in [-0.3, -0.25) is 0 Å². The molecular weight excluding hydrogens is 284 g/mol. The average Bonchev–Trinajstić information content (AvgIpc) is 2.58. The van der Waals surface area contributed by atoms with E-state index in [0.29, 0.717) is 51.8 Å². The van der Waals surface area contributed by atoms with Crippen LogP contribution in [0, 0.1) is 0 Å². The highest BCUT2D eigenvalue weighted by atomic mass is 16.6. The zero-order chi connectivity index (χ0) is 15.3. The van der Waals surface area contributed by atoms with Gasteiger partial charge < -0.3 is 29.6 Å². The lowest BCUT2D eigenvalue weighted by Gasteiger charge is -2.23. The third-order valence-electron chi connectivity index (χ3n) is 4.11. The number of ether oxygens (including phenoxy) is 4. The molecule has 2 rings (SSSR count). The van der Waals surface area contributed by atoms with Gasteiger partial charge in [0.2, 0.25) is 0 Å². The maximum atomic E-state index is 5.76. The number of hydrogen-bond donors (Lipinski definition) is 2. The fourth-order valence-corrected chi connectivity index (χ4v) is 2.79. The first-order valence-corrected chi connectivity index (χ1v) is 8.75. The molecule has 0 atom stereocenters. The molecule has 0 aromatic heterocycles. The first kappa shape index (κ1) is 18.1. The van der Waals surface area contributed by atoms with Crippen molar-refractivity contribution < 1.29 is 18.9 Å². The molecule has 0 aromatic rings. The summed E-state index contributed by atoms with van der Waals surface area (Å²) in [5.74, 6) is 0. The third kappa shape index (κ3) is 8.41. The Balaban J connectivity index is 1.28. The van der Waals surface area contributed by atoms with E-state index in [0.717, 1.165) is 51.9 Å². The lowest BCUT2D eigenvalue weighted by Crippen LogP contribution is -2.33. The van der Waals surface area contributed by atoms with E-state index in [9.17, 15) is 0 Å². The van der Waals surface area contributed by atoms with Crippen molar-refractivity contribution in [2.45, 2.75) is 37.9 Å². The fraction of sp³-hybridized carbons (Fsp3) is 1.00. The van der Waals surface area contributed by atoms with Crippen LogP contribution < -0.4 is 10.6 Å². The van der Waals surface area contributed by atoms with Crippen LogP contribution in [0.15, 0.2) is 0 Å². The normalized spacial score (nSPS) is 21.3. The van der Waals surface area contributed by atoms with Crippen LogP contribution >= 0.6 is 0 Å². The zero-order valence-corrected chi connectivity index (χ0v) is 13.7. The zero-order valence-electron chi connectivity index (χ0n) is 13.7. The Hall–Kier alpha value is -0.240. The summed E-state index contributed by atoms with van der Waals surface area (Å²) in [6, 6.07) is 0. The summed E-state index contributed by atoms with van der Waals surface area (Å²) in [5, 5.41) is 6.66. The summed E-state index contributed by atoms with van der Waals surface area (Å²) in [7, 11) is 0. The molecule has 0 bridgehead atoms. The second-order valence-electron chi connectivity index (χ2n) is 5.87. The van der Waals surface area contributed by atoms with Gasteiger partial charge in [-0.25, -0.2) is 0 Å². The maximum Gasteiger partial charge on any atom is 0.0704 e. The summed E-state index contributed by atoms with van der Waals surface area (Å²) < 4.78 is 22.5. The van der Waals surface area contributed by atoms with Crippen molar-refractivity contribution >= 4 is 0 Å².